The summed E-state index contributed by atoms with van der Waals surface area (Å²) in [6, 6.07) is 6.93. The van der Waals surface area contributed by atoms with Gasteiger partial charge in [-0.1, -0.05) is 48.0 Å². The van der Waals surface area contributed by atoms with E-state index >= 15 is 0 Å². The van der Waals surface area contributed by atoms with E-state index in [-0.39, 0.29) is 0 Å². The highest BCUT2D eigenvalue weighted by Crippen LogP contribution is 2.15. The first-order valence-electron chi connectivity index (χ1n) is 5.48. The summed E-state index contributed by atoms with van der Waals surface area (Å²) >= 11 is 3.49. The first-order valence-corrected chi connectivity index (χ1v) is 6.60. The molecule has 0 N–H and O–H groups in total. The summed E-state index contributed by atoms with van der Waals surface area (Å²) in [4.78, 5) is 0. The number of aryl methyl sites for hydroxylation is 3. The van der Waals surface area contributed by atoms with Gasteiger partial charge in [0.1, 0.15) is 0 Å². The average Bonchev–Trinajstić information content (AvgIpc) is 2.25. The van der Waals surface area contributed by atoms with Gasteiger partial charge in [-0.3, -0.25) is 0 Å². The number of hydrogen-bond donors (Lipinski definition) is 0. The molecule has 0 aliphatic rings. The van der Waals surface area contributed by atoms with E-state index in [0.29, 0.717) is 0 Å². The van der Waals surface area contributed by atoms with Crippen molar-refractivity contribution in [2.75, 3.05) is 5.33 Å². The van der Waals surface area contributed by atoms with Gasteiger partial charge in [0.05, 0.1) is 0 Å². The van der Waals surface area contributed by atoms with Crippen LogP contribution in [0, 0.1) is 0 Å². The van der Waals surface area contributed by atoms with Crippen LogP contribution in [0.4, 0.5) is 0 Å². The molecular weight excluding hydrogens is 236 g/mol. The minimum Gasteiger partial charge on any atom is -0.0928 e. The van der Waals surface area contributed by atoms with Crippen molar-refractivity contribution in [1.29, 1.82) is 0 Å². The van der Waals surface area contributed by atoms with Crippen LogP contribution >= 0.6 is 15.9 Å². The fourth-order valence-electron chi connectivity index (χ4n) is 1.73. The standard InChI is InChI=1S/C13H19Br/c1-3-11-7-8-12(4-2)13(10-11)6-5-9-14/h7-8,10H,3-6,9H2,1-2H3. The molecular formula is C13H19Br. The van der Waals surface area contributed by atoms with Gasteiger partial charge >= 0.3 is 0 Å². The van der Waals surface area contributed by atoms with Gasteiger partial charge in [0, 0.05) is 5.33 Å². The number of halogens is 1. The first-order chi connectivity index (χ1) is 6.81. The molecule has 1 rings (SSSR count). The van der Waals surface area contributed by atoms with Crippen molar-refractivity contribution in [1.82, 2.24) is 0 Å². The quantitative estimate of drug-likeness (QED) is 0.694. The predicted octanol–water partition coefficient (Wildman–Crippen LogP) is 4.14. The predicted molar refractivity (Wildman–Crippen MR) is 67.3 cm³/mol. The topological polar surface area (TPSA) is 0 Å². The summed E-state index contributed by atoms with van der Waals surface area (Å²) in [5.74, 6) is 0. The molecule has 0 aliphatic carbocycles. The number of benzene rings is 1. The number of rotatable bonds is 5. The van der Waals surface area contributed by atoms with E-state index in [4.69, 9.17) is 0 Å². The molecule has 14 heavy (non-hydrogen) atoms. The lowest BCUT2D eigenvalue weighted by Gasteiger charge is -2.09. The van der Waals surface area contributed by atoms with Gasteiger partial charge in [-0.25, -0.2) is 0 Å². The molecule has 0 aliphatic heterocycles. The molecule has 0 unspecified atom stereocenters. The van der Waals surface area contributed by atoms with E-state index in [2.05, 4.69) is 48.0 Å². The fraction of sp³-hybridized carbons (Fsp3) is 0.538. The Morgan fingerprint density at radius 2 is 1.86 bits per heavy atom. The second kappa shape index (κ2) is 6.23. The largest absolute Gasteiger partial charge is 0.0928 e. The van der Waals surface area contributed by atoms with Crippen molar-refractivity contribution >= 4 is 15.9 Å². The number of alkyl halides is 1. The second-order valence-corrected chi connectivity index (χ2v) is 4.40. The highest BCUT2D eigenvalue weighted by atomic mass is 79.9. The molecule has 0 aromatic heterocycles. The normalized spacial score (nSPS) is 10.5. The van der Waals surface area contributed by atoms with Crippen LogP contribution < -0.4 is 0 Å². The Morgan fingerprint density at radius 1 is 1.07 bits per heavy atom. The van der Waals surface area contributed by atoms with Gasteiger partial charge in [0.2, 0.25) is 0 Å². The molecule has 0 radical (unpaired) electrons. The zero-order chi connectivity index (χ0) is 10.4. The number of hydrogen-bond acceptors (Lipinski definition) is 0. The average molecular weight is 255 g/mol. The Bertz CT molecular complexity index is 279. The third kappa shape index (κ3) is 3.13. The molecule has 0 saturated carbocycles. The summed E-state index contributed by atoms with van der Waals surface area (Å²) < 4.78 is 0. The minimum absolute atomic E-state index is 1.10. The van der Waals surface area contributed by atoms with E-state index in [1.54, 1.807) is 5.56 Å². The molecule has 1 heteroatoms. The highest BCUT2D eigenvalue weighted by Gasteiger charge is 2.01. The maximum atomic E-state index is 3.49. The Morgan fingerprint density at radius 3 is 2.43 bits per heavy atom. The van der Waals surface area contributed by atoms with Gasteiger partial charge in [-0.15, -0.1) is 0 Å². The zero-order valence-corrected chi connectivity index (χ0v) is 10.7. The van der Waals surface area contributed by atoms with Gasteiger partial charge in [0.15, 0.2) is 0 Å². The van der Waals surface area contributed by atoms with Crippen molar-refractivity contribution < 1.29 is 0 Å². The summed E-state index contributed by atoms with van der Waals surface area (Å²) in [5.41, 5.74) is 4.53. The third-order valence-electron chi connectivity index (χ3n) is 2.64. The second-order valence-electron chi connectivity index (χ2n) is 3.60. The zero-order valence-electron chi connectivity index (χ0n) is 9.15. The Labute approximate surface area is 95.9 Å². The van der Waals surface area contributed by atoms with Gasteiger partial charge in [-0.2, -0.15) is 0 Å². The molecule has 0 spiro atoms. The molecule has 0 atom stereocenters. The van der Waals surface area contributed by atoms with Gasteiger partial charge in [-0.05, 0) is 42.4 Å². The van der Waals surface area contributed by atoms with Gasteiger partial charge in [0.25, 0.3) is 0 Å². The van der Waals surface area contributed by atoms with E-state index in [1.807, 2.05) is 0 Å². The molecule has 0 heterocycles. The van der Waals surface area contributed by atoms with Crippen LogP contribution in [0.15, 0.2) is 18.2 Å². The Kier molecular flexibility index (Phi) is 5.24. The molecule has 1 aromatic rings. The summed E-state index contributed by atoms with van der Waals surface area (Å²) in [6.45, 7) is 4.45. The lowest BCUT2D eigenvalue weighted by atomic mass is 9.98. The molecule has 0 fully saturated rings. The summed E-state index contributed by atoms with van der Waals surface area (Å²) in [7, 11) is 0. The van der Waals surface area contributed by atoms with Crippen molar-refractivity contribution in [2.45, 2.75) is 39.5 Å². The van der Waals surface area contributed by atoms with Gasteiger partial charge < -0.3 is 0 Å². The molecule has 0 amide bonds. The summed E-state index contributed by atoms with van der Waals surface area (Å²) in [5, 5.41) is 1.10. The highest BCUT2D eigenvalue weighted by molar-refractivity contribution is 9.09. The van der Waals surface area contributed by atoms with E-state index < -0.39 is 0 Å². The van der Waals surface area contributed by atoms with Crippen LogP contribution in [-0.4, -0.2) is 5.33 Å². The SMILES string of the molecule is CCc1ccc(CC)c(CCCBr)c1. The van der Waals surface area contributed by atoms with Crippen molar-refractivity contribution in [3.8, 4) is 0 Å². The molecule has 0 bridgehead atoms. The molecule has 1 aromatic carbocycles. The maximum absolute atomic E-state index is 3.49. The summed E-state index contributed by atoms with van der Waals surface area (Å²) in [6.07, 6.45) is 4.75. The smallest absolute Gasteiger partial charge is 0.00344 e. The third-order valence-corrected chi connectivity index (χ3v) is 3.20. The monoisotopic (exact) mass is 254 g/mol. The molecule has 0 saturated heterocycles. The van der Waals surface area contributed by atoms with Crippen molar-refractivity contribution in [3.05, 3.63) is 34.9 Å². The van der Waals surface area contributed by atoms with Crippen LogP contribution in [0.3, 0.4) is 0 Å². The first kappa shape index (κ1) is 11.8. The van der Waals surface area contributed by atoms with Crippen LogP contribution in [0.2, 0.25) is 0 Å². The Balaban J connectivity index is 2.84. The van der Waals surface area contributed by atoms with Crippen molar-refractivity contribution in [3.63, 3.8) is 0 Å². The van der Waals surface area contributed by atoms with E-state index in [1.165, 1.54) is 24.0 Å². The maximum Gasteiger partial charge on any atom is 0.00344 e. The lowest BCUT2D eigenvalue weighted by molar-refractivity contribution is 0.908. The van der Waals surface area contributed by atoms with Crippen LogP contribution in [0.1, 0.15) is 37.0 Å². The Hall–Kier alpha value is -0.300. The molecule has 78 valence electrons. The van der Waals surface area contributed by atoms with E-state index in [9.17, 15) is 0 Å². The van der Waals surface area contributed by atoms with Crippen LogP contribution in [0.5, 0.6) is 0 Å². The molecule has 0 nitrogen and oxygen atoms in total. The fourth-order valence-corrected chi connectivity index (χ4v) is 2.01. The van der Waals surface area contributed by atoms with Crippen LogP contribution in [-0.2, 0) is 19.3 Å². The minimum atomic E-state index is 1.10. The van der Waals surface area contributed by atoms with Crippen molar-refractivity contribution in [2.24, 2.45) is 0 Å². The lowest BCUT2D eigenvalue weighted by Crippen LogP contribution is -1.95. The van der Waals surface area contributed by atoms with Crippen LogP contribution in [0.25, 0.3) is 0 Å². The van der Waals surface area contributed by atoms with E-state index in [0.717, 1.165) is 18.2 Å².